The lowest BCUT2D eigenvalue weighted by molar-refractivity contribution is -0.385. The number of nitrogens with two attached hydrogens (primary N) is 1. The summed E-state index contributed by atoms with van der Waals surface area (Å²) in [6.07, 6.45) is 2.91. The summed E-state index contributed by atoms with van der Waals surface area (Å²) in [5.41, 5.74) is 6.44. The Hall–Kier alpha value is -1.73. The molecule has 2 heterocycles. The van der Waals surface area contributed by atoms with Crippen LogP contribution in [0.2, 0.25) is 0 Å². The van der Waals surface area contributed by atoms with Crippen molar-refractivity contribution >= 4 is 24.0 Å². The van der Waals surface area contributed by atoms with E-state index in [0.717, 1.165) is 19.0 Å². The minimum atomic E-state index is -0.550. The zero-order valence-corrected chi connectivity index (χ0v) is 11.9. The van der Waals surface area contributed by atoms with Crippen molar-refractivity contribution in [2.75, 3.05) is 13.1 Å². The number of nitrogens with zero attached hydrogens (tertiary/aromatic N) is 3. The monoisotopic (exact) mass is 300 g/mol. The van der Waals surface area contributed by atoms with E-state index in [4.69, 9.17) is 5.73 Å². The molecular weight excluding hydrogens is 284 g/mol. The van der Waals surface area contributed by atoms with E-state index in [1.807, 2.05) is 0 Å². The number of amides is 1. The highest BCUT2D eigenvalue weighted by molar-refractivity contribution is 5.95. The van der Waals surface area contributed by atoms with Crippen LogP contribution in [0, 0.1) is 17.0 Å². The number of hydrogen-bond acceptors (Lipinski definition) is 5. The quantitative estimate of drug-likeness (QED) is 0.655. The highest BCUT2D eigenvalue weighted by Crippen LogP contribution is 2.18. The molecule has 110 valence electrons. The number of carbonyl (C=O) groups is 1. The summed E-state index contributed by atoms with van der Waals surface area (Å²) < 4.78 is 0. The van der Waals surface area contributed by atoms with Crippen molar-refractivity contribution in [3.8, 4) is 0 Å². The summed E-state index contributed by atoms with van der Waals surface area (Å²) in [6, 6.07) is 1.26. The molecule has 1 saturated heterocycles. The molecule has 1 unspecified atom stereocenters. The van der Waals surface area contributed by atoms with Crippen molar-refractivity contribution in [2.24, 2.45) is 5.73 Å². The van der Waals surface area contributed by atoms with Gasteiger partial charge in [0.25, 0.3) is 11.6 Å². The number of halogens is 1. The molecule has 1 aliphatic rings. The number of pyridine rings is 1. The number of hydrogen-bond donors (Lipinski definition) is 1. The minimum Gasteiger partial charge on any atom is -0.337 e. The van der Waals surface area contributed by atoms with Gasteiger partial charge >= 0.3 is 0 Å². The van der Waals surface area contributed by atoms with E-state index in [1.54, 1.807) is 11.8 Å². The fraction of sp³-hybridized carbons (Fsp3) is 0.500. The second-order valence-corrected chi connectivity index (χ2v) is 4.74. The van der Waals surface area contributed by atoms with Crippen molar-refractivity contribution in [3.63, 3.8) is 0 Å². The van der Waals surface area contributed by atoms with E-state index < -0.39 is 4.92 Å². The summed E-state index contributed by atoms with van der Waals surface area (Å²) in [5.74, 6) is -0.233. The van der Waals surface area contributed by atoms with Crippen LogP contribution in [0.1, 0.15) is 28.9 Å². The molecule has 1 aliphatic heterocycles. The number of carbonyl (C=O) groups excluding carboxylic acids is 1. The molecule has 0 bridgehead atoms. The maximum absolute atomic E-state index is 12.3. The predicted molar refractivity (Wildman–Crippen MR) is 76.0 cm³/mol. The van der Waals surface area contributed by atoms with Crippen LogP contribution in [0.25, 0.3) is 0 Å². The van der Waals surface area contributed by atoms with Gasteiger partial charge in [-0.3, -0.25) is 19.9 Å². The molecule has 7 nitrogen and oxygen atoms in total. The molecule has 20 heavy (non-hydrogen) atoms. The van der Waals surface area contributed by atoms with Crippen molar-refractivity contribution < 1.29 is 9.72 Å². The van der Waals surface area contributed by atoms with Gasteiger partial charge in [-0.1, -0.05) is 0 Å². The molecule has 2 N–H and O–H groups in total. The van der Waals surface area contributed by atoms with E-state index in [1.165, 1.54) is 6.07 Å². The van der Waals surface area contributed by atoms with Gasteiger partial charge in [0.2, 0.25) is 0 Å². The third-order valence-corrected chi connectivity index (χ3v) is 3.26. The molecule has 1 aromatic rings. The molecule has 8 heteroatoms. The van der Waals surface area contributed by atoms with Crippen LogP contribution in [0.4, 0.5) is 5.69 Å². The average Bonchev–Trinajstić information content (AvgIpc) is 2.38. The number of piperidine rings is 1. The smallest absolute Gasteiger partial charge is 0.288 e. The van der Waals surface area contributed by atoms with Crippen LogP contribution in [0.15, 0.2) is 12.3 Å². The van der Waals surface area contributed by atoms with Crippen LogP contribution in [0.3, 0.4) is 0 Å². The van der Waals surface area contributed by atoms with E-state index in [0.29, 0.717) is 18.8 Å². The Morgan fingerprint density at radius 3 is 2.90 bits per heavy atom. The summed E-state index contributed by atoms with van der Waals surface area (Å²) in [7, 11) is 0. The van der Waals surface area contributed by atoms with Crippen LogP contribution in [-0.2, 0) is 0 Å². The molecule has 0 radical (unpaired) electrons. The van der Waals surface area contributed by atoms with Gasteiger partial charge in [0.1, 0.15) is 6.20 Å². The third kappa shape index (κ3) is 3.43. The Morgan fingerprint density at radius 2 is 2.30 bits per heavy atom. The van der Waals surface area contributed by atoms with Crippen molar-refractivity contribution in [2.45, 2.75) is 25.8 Å². The summed E-state index contributed by atoms with van der Waals surface area (Å²) in [4.78, 5) is 28.1. The van der Waals surface area contributed by atoms with Gasteiger partial charge in [0.05, 0.1) is 16.2 Å². The molecule has 0 aliphatic carbocycles. The van der Waals surface area contributed by atoms with E-state index in [9.17, 15) is 14.9 Å². The van der Waals surface area contributed by atoms with Crippen LogP contribution >= 0.6 is 12.4 Å². The Kier molecular flexibility index (Phi) is 5.41. The Bertz CT molecular complexity index is 523. The largest absolute Gasteiger partial charge is 0.337 e. The summed E-state index contributed by atoms with van der Waals surface area (Å²) >= 11 is 0. The van der Waals surface area contributed by atoms with Gasteiger partial charge in [-0.15, -0.1) is 12.4 Å². The van der Waals surface area contributed by atoms with Gasteiger partial charge in [0, 0.05) is 25.2 Å². The summed E-state index contributed by atoms with van der Waals surface area (Å²) in [6.45, 7) is 2.79. The Labute approximate surface area is 122 Å². The minimum absolute atomic E-state index is 0. The Balaban J connectivity index is 0.00000200. The van der Waals surface area contributed by atoms with Crippen molar-refractivity contribution in [3.05, 3.63) is 33.6 Å². The zero-order chi connectivity index (χ0) is 14.0. The predicted octanol–water partition coefficient (Wildman–Crippen LogP) is 1.28. The number of rotatable bonds is 2. The molecule has 0 spiro atoms. The highest BCUT2D eigenvalue weighted by Gasteiger charge is 2.25. The number of likely N-dealkylation sites (tertiary alicyclic amines) is 1. The third-order valence-electron chi connectivity index (χ3n) is 3.26. The number of nitro groups is 1. The molecule has 1 atom stereocenters. The van der Waals surface area contributed by atoms with Crippen molar-refractivity contribution in [1.29, 1.82) is 0 Å². The van der Waals surface area contributed by atoms with Gasteiger partial charge in [0.15, 0.2) is 0 Å². The second-order valence-electron chi connectivity index (χ2n) is 4.74. The van der Waals surface area contributed by atoms with Crippen molar-refractivity contribution in [1.82, 2.24) is 9.88 Å². The lowest BCUT2D eigenvalue weighted by Gasteiger charge is -2.31. The first kappa shape index (κ1) is 16.3. The number of aryl methyl sites for hydroxylation is 1. The van der Waals surface area contributed by atoms with Gasteiger partial charge in [-0.2, -0.15) is 0 Å². The zero-order valence-electron chi connectivity index (χ0n) is 11.1. The lowest BCUT2D eigenvalue weighted by atomic mass is 10.0. The fourth-order valence-corrected chi connectivity index (χ4v) is 2.20. The van der Waals surface area contributed by atoms with Crippen LogP contribution in [0.5, 0.6) is 0 Å². The van der Waals surface area contributed by atoms with E-state index >= 15 is 0 Å². The van der Waals surface area contributed by atoms with Crippen LogP contribution < -0.4 is 5.73 Å². The molecule has 1 aromatic heterocycles. The second kappa shape index (κ2) is 6.62. The maximum Gasteiger partial charge on any atom is 0.288 e. The molecule has 0 saturated carbocycles. The van der Waals surface area contributed by atoms with E-state index in [2.05, 4.69) is 4.98 Å². The molecule has 1 fully saturated rings. The molecule has 2 rings (SSSR count). The first-order valence-electron chi connectivity index (χ1n) is 6.15. The fourth-order valence-electron chi connectivity index (χ4n) is 2.20. The molecule has 1 amide bonds. The Morgan fingerprint density at radius 1 is 1.60 bits per heavy atom. The normalized spacial score (nSPS) is 18.3. The lowest BCUT2D eigenvalue weighted by Crippen LogP contribution is -2.45. The van der Waals surface area contributed by atoms with Gasteiger partial charge < -0.3 is 10.6 Å². The molecule has 0 aromatic carbocycles. The van der Waals surface area contributed by atoms with Crippen LogP contribution in [-0.4, -0.2) is 39.8 Å². The van der Waals surface area contributed by atoms with E-state index in [-0.39, 0.29) is 35.6 Å². The first-order valence-corrected chi connectivity index (χ1v) is 6.15. The highest BCUT2D eigenvalue weighted by atomic mass is 35.5. The van der Waals surface area contributed by atoms with Gasteiger partial charge in [-0.05, 0) is 19.8 Å². The molecular formula is C12H17ClN4O3. The first-order chi connectivity index (χ1) is 8.99. The number of aromatic nitrogens is 1. The summed E-state index contributed by atoms with van der Waals surface area (Å²) in [5, 5.41) is 10.7. The standard InChI is InChI=1S/C12H16N4O3.ClH/c1-8-11(5-10(6-14-8)16(18)19)12(17)15-4-2-3-9(13)7-15;/h5-6,9H,2-4,7,13H2,1H3;1H. The van der Waals surface area contributed by atoms with Gasteiger partial charge in [-0.25, -0.2) is 0 Å². The maximum atomic E-state index is 12.3. The average molecular weight is 301 g/mol. The SMILES string of the molecule is Cc1ncc([N+](=O)[O-])cc1C(=O)N1CCCC(N)C1.Cl. The topological polar surface area (TPSA) is 102 Å².